The first kappa shape index (κ1) is 12.0. The lowest BCUT2D eigenvalue weighted by Crippen LogP contribution is -2.46. The molecule has 2 rings (SSSR count). The van der Waals surface area contributed by atoms with Crippen molar-refractivity contribution in [2.45, 2.75) is 6.61 Å². The van der Waals surface area contributed by atoms with Gasteiger partial charge in [0.2, 0.25) is 0 Å². The van der Waals surface area contributed by atoms with Crippen molar-refractivity contribution in [3.63, 3.8) is 0 Å². The van der Waals surface area contributed by atoms with Crippen LogP contribution in [-0.4, -0.2) is 49.1 Å². The number of ether oxygens (including phenoxy) is 1. The molecule has 1 N–H and O–H groups in total. The minimum absolute atomic E-state index is 0.0752. The summed E-state index contributed by atoms with van der Waals surface area (Å²) in [5.41, 5.74) is 1.47. The van der Waals surface area contributed by atoms with Crippen molar-refractivity contribution in [2.24, 2.45) is 0 Å². The molecule has 17 heavy (non-hydrogen) atoms. The lowest BCUT2D eigenvalue weighted by molar-refractivity contribution is 0.0735. The standard InChI is InChI=1S/C12H17N3O2/c1-17-9-11-8-10(2-3-14-11)12(16)15-6-4-13-5-7-15/h2-3,8,13H,4-7,9H2,1H3. The van der Waals surface area contributed by atoms with Crippen molar-refractivity contribution in [1.29, 1.82) is 0 Å². The molecule has 2 heterocycles. The second kappa shape index (κ2) is 5.75. The summed E-state index contributed by atoms with van der Waals surface area (Å²) in [6.07, 6.45) is 1.66. The molecule has 0 atom stereocenters. The summed E-state index contributed by atoms with van der Waals surface area (Å²) in [6, 6.07) is 3.55. The highest BCUT2D eigenvalue weighted by Crippen LogP contribution is 2.07. The third-order valence-electron chi connectivity index (χ3n) is 2.76. The predicted octanol–water partition coefficient (Wildman–Crippen LogP) is 0.273. The number of carbonyl (C=O) groups excluding carboxylic acids is 1. The number of aromatic nitrogens is 1. The van der Waals surface area contributed by atoms with Crippen LogP contribution in [0.4, 0.5) is 0 Å². The lowest BCUT2D eigenvalue weighted by Gasteiger charge is -2.27. The highest BCUT2D eigenvalue weighted by atomic mass is 16.5. The zero-order valence-corrected chi connectivity index (χ0v) is 9.98. The van der Waals surface area contributed by atoms with E-state index < -0.39 is 0 Å². The van der Waals surface area contributed by atoms with E-state index in [2.05, 4.69) is 10.3 Å². The molecular formula is C12H17N3O2. The van der Waals surface area contributed by atoms with Crippen molar-refractivity contribution < 1.29 is 9.53 Å². The maximum atomic E-state index is 12.2. The van der Waals surface area contributed by atoms with Gasteiger partial charge in [0.1, 0.15) is 0 Å². The molecule has 1 aliphatic rings. The summed E-state index contributed by atoms with van der Waals surface area (Å²) in [5.74, 6) is 0.0752. The molecule has 0 spiro atoms. The van der Waals surface area contributed by atoms with Gasteiger partial charge < -0.3 is 15.0 Å². The third kappa shape index (κ3) is 3.01. The molecule has 1 aromatic heterocycles. The van der Waals surface area contributed by atoms with Gasteiger partial charge in [-0.25, -0.2) is 0 Å². The van der Waals surface area contributed by atoms with Gasteiger partial charge in [-0.15, -0.1) is 0 Å². The molecule has 1 aliphatic heterocycles. The van der Waals surface area contributed by atoms with E-state index in [0.717, 1.165) is 31.9 Å². The topological polar surface area (TPSA) is 54.5 Å². The summed E-state index contributed by atoms with van der Waals surface area (Å²) in [6.45, 7) is 3.69. The highest BCUT2D eigenvalue weighted by molar-refractivity contribution is 5.94. The molecule has 1 saturated heterocycles. The Hall–Kier alpha value is -1.46. The predicted molar refractivity (Wildman–Crippen MR) is 63.7 cm³/mol. The fraction of sp³-hybridized carbons (Fsp3) is 0.500. The smallest absolute Gasteiger partial charge is 0.254 e. The van der Waals surface area contributed by atoms with Gasteiger partial charge in [0.15, 0.2) is 0 Å². The van der Waals surface area contributed by atoms with Crippen molar-refractivity contribution in [3.8, 4) is 0 Å². The monoisotopic (exact) mass is 235 g/mol. The SMILES string of the molecule is COCc1cc(C(=O)N2CCNCC2)ccn1. The van der Waals surface area contributed by atoms with Crippen LogP contribution >= 0.6 is 0 Å². The average molecular weight is 235 g/mol. The summed E-state index contributed by atoms with van der Waals surface area (Å²) in [7, 11) is 1.62. The van der Waals surface area contributed by atoms with Crippen LogP contribution in [-0.2, 0) is 11.3 Å². The number of hydrogen-bond donors (Lipinski definition) is 1. The molecule has 0 saturated carbocycles. The molecule has 92 valence electrons. The van der Waals surface area contributed by atoms with E-state index in [1.165, 1.54) is 0 Å². The van der Waals surface area contributed by atoms with Gasteiger partial charge in [-0.05, 0) is 12.1 Å². The zero-order valence-electron chi connectivity index (χ0n) is 9.98. The van der Waals surface area contributed by atoms with Crippen LogP contribution in [0.5, 0.6) is 0 Å². The second-order valence-corrected chi connectivity index (χ2v) is 4.01. The van der Waals surface area contributed by atoms with Crippen molar-refractivity contribution >= 4 is 5.91 Å². The molecule has 0 bridgehead atoms. The summed E-state index contributed by atoms with van der Waals surface area (Å²) in [5, 5.41) is 3.23. The fourth-order valence-corrected chi connectivity index (χ4v) is 1.89. The summed E-state index contributed by atoms with van der Waals surface area (Å²) < 4.78 is 5.01. The molecule has 5 nitrogen and oxygen atoms in total. The van der Waals surface area contributed by atoms with E-state index in [9.17, 15) is 4.79 Å². The fourth-order valence-electron chi connectivity index (χ4n) is 1.89. The highest BCUT2D eigenvalue weighted by Gasteiger charge is 2.18. The van der Waals surface area contributed by atoms with Gasteiger partial charge in [0.25, 0.3) is 5.91 Å². The van der Waals surface area contributed by atoms with Gasteiger partial charge in [0, 0.05) is 45.0 Å². The molecule has 0 aliphatic carbocycles. The van der Waals surface area contributed by atoms with Crippen LogP contribution in [0.2, 0.25) is 0 Å². The van der Waals surface area contributed by atoms with E-state index in [4.69, 9.17) is 4.74 Å². The Balaban J connectivity index is 2.09. The van der Waals surface area contributed by atoms with Crippen LogP contribution in [0.3, 0.4) is 0 Å². The van der Waals surface area contributed by atoms with Gasteiger partial charge in [-0.3, -0.25) is 9.78 Å². The number of hydrogen-bond acceptors (Lipinski definition) is 4. The maximum Gasteiger partial charge on any atom is 0.254 e. The number of methoxy groups -OCH3 is 1. The van der Waals surface area contributed by atoms with E-state index in [1.54, 1.807) is 25.4 Å². The largest absolute Gasteiger partial charge is 0.378 e. The number of amides is 1. The molecule has 1 fully saturated rings. The Labute approximate surface area is 101 Å². The number of piperazine rings is 1. The Morgan fingerprint density at radius 3 is 3.00 bits per heavy atom. The Morgan fingerprint density at radius 1 is 1.53 bits per heavy atom. The number of carbonyl (C=O) groups is 1. The van der Waals surface area contributed by atoms with E-state index in [-0.39, 0.29) is 5.91 Å². The minimum Gasteiger partial charge on any atom is -0.378 e. The Morgan fingerprint density at radius 2 is 2.29 bits per heavy atom. The number of rotatable bonds is 3. The van der Waals surface area contributed by atoms with Crippen molar-refractivity contribution in [1.82, 2.24) is 15.2 Å². The molecule has 5 heteroatoms. The molecule has 0 unspecified atom stereocenters. The third-order valence-corrected chi connectivity index (χ3v) is 2.76. The van der Waals surface area contributed by atoms with Gasteiger partial charge in [-0.1, -0.05) is 0 Å². The van der Waals surface area contributed by atoms with Crippen LogP contribution in [0.1, 0.15) is 16.1 Å². The molecular weight excluding hydrogens is 218 g/mol. The number of nitrogens with zero attached hydrogens (tertiary/aromatic N) is 2. The first-order chi connectivity index (χ1) is 8.31. The van der Waals surface area contributed by atoms with Gasteiger partial charge in [-0.2, -0.15) is 0 Å². The van der Waals surface area contributed by atoms with E-state index in [1.807, 2.05) is 4.90 Å². The van der Waals surface area contributed by atoms with Gasteiger partial charge in [0.05, 0.1) is 12.3 Å². The molecule has 0 aromatic carbocycles. The van der Waals surface area contributed by atoms with Crippen LogP contribution < -0.4 is 5.32 Å². The summed E-state index contributed by atoms with van der Waals surface area (Å²) in [4.78, 5) is 18.2. The normalized spacial score (nSPS) is 15.9. The zero-order chi connectivity index (χ0) is 12.1. The first-order valence-electron chi connectivity index (χ1n) is 5.75. The number of nitrogens with one attached hydrogen (secondary N) is 1. The Bertz CT molecular complexity index is 389. The average Bonchev–Trinajstić information content (AvgIpc) is 2.40. The second-order valence-electron chi connectivity index (χ2n) is 4.01. The Kier molecular flexibility index (Phi) is 4.06. The number of pyridine rings is 1. The van der Waals surface area contributed by atoms with E-state index in [0.29, 0.717) is 12.2 Å². The van der Waals surface area contributed by atoms with Crippen LogP contribution in [0.25, 0.3) is 0 Å². The first-order valence-corrected chi connectivity index (χ1v) is 5.75. The van der Waals surface area contributed by atoms with Gasteiger partial charge >= 0.3 is 0 Å². The lowest BCUT2D eigenvalue weighted by atomic mass is 10.2. The molecule has 0 radical (unpaired) electrons. The van der Waals surface area contributed by atoms with E-state index >= 15 is 0 Å². The molecule has 1 aromatic rings. The maximum absolute atomic E-state index is 12.2. The summed E-state index contributed by atoms with van der Waals surface area (Å²) >= 11 is 0. The van der Waals surface area contributed by atoms with Crippen LogP contribution in [0, 0.1) is 0 Å². The quantitative estimate of drug-likeness (QED) is 0.817. The van der Waals surface area contributed by atoms with Crippen molar-refractivity contribution in [3.05, 3.63) is 29.6 Å². The van der Waals surface area contributed by atoms with Crippen LogP contribution in [0.15, 0.2) is 18.3 Å². The minimum atomic E-state index is 0.0752. The molecule has 1 amide bonds. The van der Waals surface area contributed by atoms with Crippen molar-refractivity contribution in [2.75, 3.05) is 33.3 Å².